The van der Waals surface area contributed by atoms with E-state index in [-0.39, 0.29) is 18.6 Å². The second kappa shape index (κ2) is 8.28. The van der Waals surface area contributed by atoms with Crippen molar-refractivity contribution in [3.05, 3.63) is 41.0 Å². The summed E-state index contributed by atoms with van der Waals surface area (Å²) >= 11 is 5.86. The van der Waals surface area contributed by atoms with Crippen molar-refractivity contribution >= 4 is 17.5 Å². The highest BCUT2D eigenvalue weighted by Crippen LogP contribution is 2.22. The van der Waals surface area contributed by atoms with E-state index in [0.29, 0.717) is 29.6 Å². The number of amides is 1. The molecule has 7 heteroatoms. The Kier molecular flexibility index (Phi) is 5.85. The third-order valence-corrected chi connectivity index (χ3v) is 3.97. The quantitative estimate of drug-likeness (QED) is 0.831. The van der Waals surface area contributed by atoms with Gasteiger partial charge in [-0.15, -0.1) is 0 Å². The van der Waals surface area contributed by atoms with Gasteiger partial charge in [0, 0.05) is 23.3 Å². The molecule has 128 valence electrons. The molecule has 1 atom stereocenters. The molecule has 1 aliphatic heterocycles. The molecule has 2 aromatic rings. The highest BCUT2D eigenvalue weighted by Gasteiger charge is 2.16. The van der Waals surface area contributed by atoms with E-state index in [1.54, 1.807) is 18.2 Å². The molecule has 1 aromatic carbocycles. The molecule has 0 aliphatic carbocycles. The van der Waals surface area contributed by atoms with Gasteiger partial charge in [0.1, 0.15) is 12.3 Å². The lowest BCUT2D eigenvalue weighted by atomic mass is 10.1. The van der Waals surface area contributed by atoms with Crippen LogP contribution in [0.1, 0.15) is 18.5 Å². The van der Waals surface area contributed by atoms with Crippen molar-refractivity contribution in [1.82, 2.24) is 10.5 Å². The molecule has 1 aliphatic rings. The number of nitrogens with zero attached hydrogens (tertiary/aromatic N) is 1. The predicted molar refractivity (Wildman–Crippen MR) is 88.6 cm³/mol. The molecule has 2 heterocycles. The summed E-state index contributed by atoms with van der Waals surface area (Å²) in [6, 6.07) is 9.06. The summed E-state index contributed by atoms with van der Waals surface area (Å²) in [5, 5.41) is 7.36. The van der Waals surface area contributed by atoms with Gasteiger partial charge in [-0.2, -0.15) is 0 Å². The summed E-state index contributed by atoms with van der Waals surface area (Å²) in [7, 11) is 0. The molecule has 1 fully saturated rings. The third-order valence-electron chi connectivity index (χ3n) is 3.72. The lowest BCUT2D eigenvalue weighted by Gasteiger charge is -2.09. The minimum atomic E-state index is -0.191. The molecule has 1 saturated heterocycles. The first-order valence-electron chi connectivity index (χ1n) is 7.88. The van der Waals surface area contributed by atoms with Crippen molar-refractivity contribution in [3.63, 3.8) is 0 Å². The molecule has 3 rings (SSSR count). The molecular weight excluding hydrogens is 332 g/mol. The zero-order valence-corrected chi connectivity index (χ0v) is 13.9. The van der Waals surface area contributed by atoms with Gasteiger partial charge in [0.15, 0.2) is 5.76 Å². The van der Waals surface area contributed by atoms with Crippen molar-refractivity contribution in [3.8, 4) is 11.3 Å². The lowest BCUT2D eigenvalue weighted by molar-refractivity contribution is -0.127. The van der Waals surface area contributed by atoms with Crippen molar-refractivity contribution in [2.24, 2.45) is 0 Å². The van der Waals surface area contributed by atoms with Crippen LogP contribution in [-0.2, 0) is 20.8 Å². The number of carbonyl (C=O) groups is 1. The Morgan fingerprint density at radius 3 is 2.96 bits per heavy atom. The van der Waals surface area contributed by atoms with E-state index in [1.807, 2.05) is 12.1 Å². The van der Waals surface area contributed by atoms with Gasteiger partial charge < -0.3 is 19.3 Å². The number of rotatable bonds is 7. The zero-order valence-electron chi connectivity index (χ0n) is 13.2. The van der Waals surface area contributed by atoms with E-state index in [2.05, 4.69) is 10.5 Å². The minimum absolute atomic E-state index is 0.0156. The van der Waals surface area contributed by atoms with Crippen molar-refractivity contribution in [2.75, 3.05) is 19.8 Å². The maximum Gasteiger partial charge on any atom is 0.246 e. The Bertz CT molecular complexity index is 665. The van der Waals surface area contributed by atoms with Gasteiger partial charge in [-0.25, -0.2) is 0 Å². The number of aromatic nitrogens is 1. The largest absolute Gasteiger partial charge is 0.376 e. The monoisotopic (exact) mass is 350 g/mol. The Morgan fingerprint density at radius 2 is 2.21 bits per heavy atom. The van der Waals surface area contributed by atoms with E-state index >= 15 is 0 Å². The van der Waals surface area contributed by atoms with E-state index in [9.17, 15) is 4.79 Å². The number of hydrogen-bond acceptors (Lipinski definition) is 5. The minimum Gasteiger partial charge on any atom is -0.376 e. The fourth-order valence-electron chi connectivity index (χ4n) is 2.44. The van der Waals surface area contributed by atoms with Crippen LogP contribution in [0.25, 0.3) is 11.3 Å². The van der Waals surface area contributed by atoms with Crippen LogP contribution >= 0.6 is 11.6 Å². The molecule has 0 radical (unpaired) electrons. The molecule has 24 heavy (non-hydrogen) atoms. The first kappa shape index (κ1) is 17.0. The highest BCUT2D eigenvalue weighted by molar-refractivity contribution is 6.30. The maximum atomic E-state index is 11.8. The van der Waals surface area contributed by atoms with Crippen LogP contribution in [0.5, 0.6) is 0 Å². The normalized spacial score (nSPS) is 17.1. The zero-order chi connectivity index (χ0) is 16.8. The first-order valence-corrected chi connectivity index (χ1v) is 8.26. The van der Waals surface area contributed by atoms with E-state index in [4.69, 9.17) is 25.6 Å². The molecule has 0 spiro atoms. The number of ether oxygens (including phenoxy) is 2. The topological polar surface area (TPSA) is 73.6 Å². The van der Waals surface area contributed by atoms with Gasteiger partial charge in [0.05, 0.1) is 19.3 Å². The summed E-state index contributed by atoms with van der Waals surface area (Å²) in [6.07, 6.45) is 2.17. The Labute approximate surface area is 145 Å². The number of carbonyl (C=O) groups excluding carboxylic acids is 1. The number of halogens is 1. The number of benzene rings is 1. The summed E-state index contributed by atoms with van der Waals surface area (Å²) in [6.45, 7) is 1.54. The van der Waals surface area contributed by atoms with Crippen LogP contribution in [0.3, 0.4) is 0 Å². The Morgan fingerprint density at radius 1 is 1.38 bits per heavy atom. The second-order valence-corrected chi connectivity index (χ2v) is 6.05. The van der Waals surface area contributed by atoms with Gasteiger partial charge >= 0.3 is 0 Å². The van der Waals surface area contributed by atoms with Gasteiger partial charge in [-0.1, -0.05) is 16.8 Å². The number of hydrogen-bond donors (Lipinski definition) is 1. The molecule has 0 bridgehead atoms. The molecule has 0 saturated carbocycles. The van der Waals surface area contributed by atoms with Gasteiger partial charge in [-0.05, 0) is 37.1 Å². The van der Waals surface area contributed by atoms with Gasteiger partial charge in [-0.3, -0.25) is 4.79 Å². The fraction of sp³-hybridized carbons (Fsp3) is 0.412. The maximum absolute atomic E-state index is 11.8. The molecule has 1 aromatic heterocycles. The van der Waals surface area contributed by atoms with Crippen LogP contribution < -0.4 is 5.32 Å². The third kappa shape index (κ3) is 4.80. The van der Waals surface area contributed by atoms with Gasteiger partial charge in [0.25, 0.3) is 0 Å². The molecule has 1 unspecified atom stereocenters. The second-order valence-electron chi connectivity index (χ2n) is 5.62. The molecule has 6 nitrogen and oxygen atoms in total. The van der Waals surface area contributed by atoms with Crippen LogP contribution in [0.2, 0.25) is 5.02 Å². The van der Waals surface area contributed by atoms with Crippen molar-refractivity contribution in [2.45, 2.75) is 25.5 Å². The first-order chi connectivity index (χ1) is 11.7. The van der Waals surface area contributed by atoms with Crippen molar-refractivity contribution in [1.29, 1.82) is 0 Å². The van der Waals surface area contributed by atoms with Crippen LogP contribution in [-0.4, -0.2) is 37.0 Å². The average molecular weight is 351 g/mol. The summed E-state index contributed by atoms with van der Waals surface area (Å²) in [4.78, 5) is 11.8. The Balaban J connectivity index is 1.41. The van der Waals surface area contributed by atoms with Crippen LogP contribution in [0, 0.1) is 0 Å². The summed E-state index contributed by atoms with van der Waals surface area (Å²) in [5.74, 6) is 0.439. The van der Waals surface area contributed by atoms with Crippen LogP contribution in [0.4, 0.5) is 0 Å². The van der Waals surface area contributed by atoms with Crippen molar-refractivity contribution < 1.29 is 18.8 Å². The Hall–Kier alpha value is -1.89. The van der Waals surface area contributed by atoms with E-state index < -0.39 is 0 Å². The number of nitrogens with one attached hydrogen (secondary N) is 1. The van der Waals surface area contributed by atoms with E-state index in [0.717, 1.165) is 25.0 Å². The highest BCUT2D eigenvalue weighted by atomic mass is 35.5. The van der Waals surface area contributed by atoms with Gasteiger partial charge in [0.2, 0.25) is 5.91 Å². The average Bonchev–Trinajstić information content (AvgIpc) is 3.25. The molecule has 1 N–H and O–H groups in total. The predicted octanol–water partition coefficient (Wildman–Crippen LogP) is 2.81. The van der Waals surface area contributed by atoms with E-state index in [1.165, 1.54) is 0 Å². The summed E-state index contributed by atoms with van der Waals surface area (Å²) in [5.41, 5.74) is 1.52. The lowest BCUT2D eigenvalue weighted by Crippen LogP contribution is -2.28. The standard InChI is InChI=1S/C17H19ClN2O4/c18-13-5-3-12(4-6-13)16-8-14(20-24-16)9-19-17(21)11-22-10-15-2-1-7-23-15/h3-6,8,15H,1-2,7,9-11H2,(H,19,21). The summed E-state index contributed by atoms with van der Waals surface area (Å²) < 4.78 is 16.1. The SMILES string of the molecule is O=C(COCC1CCCO1)NCc1cc(-c2ccc(Cl)cc2)on1. The fourth-order valence-corrected chi connectivity index (χ4v) is 2.57. The molecule has 1 amide bonds. The molecular formula is C17H19ClN2O4. The van der Waals surface area contributed by atoms with Crippen LogP contribution in [0.15, 0.2) is 34.9 Å². The smallest absolute Gasteiger partial charge is 0.246 e.